The zero-order valence-electron chi connectivity index (χ0n) is 6.35. The molecule has 0 amide bonds. The van der Waals surface area contributed by atoms with Crippen molar-refractivity contribution in [3.8, 4) is 24.2 Å². The first-order chi connectivity index (χ1) is 4.91. The van der Waals surface area contributed by atoms with E-state index in [9.17, 15) is 0 Å². The average molecular weight is 132 g/mol. The average Bonchev–Trinajstić information content (AvgIpc) is 1.97. The maximum absolute atomic E-state index is 4.91. The van der Waals surface area contributed by atoms with Crippen molar-refractivity contribution in [3.05, 3.63) is 12.2 Å². The van der Waals surface area contributed by atoms with Gasteiger partial charge in [0.2, 0.25) is 0 Å². The summed E-state index contributed by atoms with van der Waals surface area (Å²) in [6, 6.07) is 0. The van der Waals surface area contributed by atoms with Gasteiger partial charge in [0.15, 0.2) is 0 Å². The predicted molar refractivity (Wildman–Crippen MR) is 45.3 cm³/mol. The van der Waals surface area contributed by atoms with E-state index in [1.807, 2.05) is 12.2 Å². The molecule has 10 heavy (non-hydrogen) atoms. The minimum absolute atomic E-state index is 1.11. The molecule has 0 heterocycles. The lowest BCUT2D eigenvalue weighted by Crippen LogP contribution is -1.64. The summed E-state index contributed by atoms with van der Waals surface area (Å²) in [5, 5.41) is 0. The van der Waals surface area contributed by atoms with E-state index < -0.39 is 0 Å². The van der Waals surface area contributed by atoms with Gasteiger partial charge in [0.25, 0.3) is 0 Å². The molecule has 0 heteroatoms. The molecule has 0 spiro atoms. The van der Waals surface area contributed by atoms with Gasteiger partial charge in [-0.3, -0.25) is 0 Å². The first-order valence-electron chi connectivity index (χ1n) is 3.53. The van der Waals surface area contributed by atoms with E-state index in [2.05, 4.69) is 24.7 Å². The molecule has 0 aromatic carbocycles. The van der Waals surface area contributed by atoms with Gasteiger partial charge in [0.1, 0.15) is 0 Å². The second-order valence-corrected chi connectivity index (χ2v) is 1.96. The lowest BCUT2D eigenvalue weighted by molar-refractivity contribution is 0.815. The Labute approximate surface area is 63.3 Å². The first-order valence-corrected chi connectivity index (χ1v) is 3.53. The summed E-state index contributed by atoms with van der Waals surface area (Å²) in [7, 11) is 0. The molecule has 0 nitrogen and oxygen atoms in total. The topological polar surface area (TPSA) is 0 Å². The maximum Gasteiger partial charge on any atom is -0.0108 e. The van der Waals surface area contributed by atoms with Crippen LogP contribution in [0.25, 0.3) is 0 Å². The highest BCUT2D eigenvalue weighted by Gasteiger charge is 1.74. The Morgan fingerprint density at radius 2 is 2.30 bits per heavy atom. The van der Waals surface area contributed by atoms with Crippen LogP contribution in [0.15, 0.2) is 12.2 Å². The largest absolute Gasteiger partial charge is 0.106 e. The molecule has 0 aromatic heterocycles. The summed E-state index contributed by atoms with van der Waals surface area (Å²) >= 11 is 0. The van der Waals surface area contributed by atoms with Crippen molar-refractivity contribution in [2.24, 2.45) is 0 Å². The lowest BCUT2D eigenvalue weighted by atomic mass is 10.2. The molecule has 0 atom stereocenters. The molecule has 0 aliphatic rings. The molecule has 0 bridgehead atoms. The van der Waals surface area contributed by atoms with Crippen LogP contribution < -0.4 is 0 Å². The van der Waals surface area contributed by atoms with Gasteiger partial charge in [-0.1, -0.05) is 31.8 Å². The summed E-state index contributed by atoms with van der Waals surface area (Å²) in [5.74, 6) is 7.49. The highest BCUT2D eigenvalue weighted by atomic mass is 13.8. The van der Waals surface area contributed by atoms with Crippen molar-refractivity contribution in [1.82, 2.24) is 0 Å². The molecule has 0 fully saturated rings. The highest BCUT2D eigenvalue weighted by molar-refractivity contribution is 5.27. The third-order valence-corrected chi connectivity index (χ3v) is 1.07. The van der Waals surface area contributed by atoms with Crippen molar-refractivity contribution < 1.29 is 0 Å². The normalized spacial score (nSPS) is 8.40. The summed E-state index contributed by atoms with van der Waals surface area (Å²) in [5.41, 5.74) is 0. The number of hydrogen-bond acceptors (Lipinski definition) is 0. The highest BCUT2D eigenvalue weighted by Crippen LogP contribution is 1.93. The van der Waals surface area contributed by atoms with E-state index in [-0.39, 0.29) is 0 Å². The number of rotatable bonds is 3. The van der Waals surface area contributed by atoms with Crippen LogP contribution >= 0.6 is 0 Å². The van der Waals surface area contributed by atoms with Crippen LogP contribution in [0.3, 0.4) is 0 Å². The molecular weight excluding hydrogens is 120 g/mol. The van der Waals surface area contributed by atoms with Gasteiger partial charge in [-0.25, -0.2) is 0 Å². The third-order valence-electron chi connectivity index (χ3n) is 1.07. The Bertz CT molecular complexity index is 180. The van der Waals surface area contributed by atoms with E-state index in [1.165, 1.54) is 12.8 Å². The van der Waals surface area contributed by atoms with Crippen LogP contribution in [0, 0.1) is 24.2 Å². The number of allylic oxidation sites excluding steroid dienone is 2. The van der Waals surface area contributed by atoms with Crippen LogP contribution in [-0.2, 0) is 0 Å². The standard InChI is InChI=1S/C10H12/c1-3-5-7-9-10-8-6-4-2/h1,9-10H,4,6,8H2,2H3/b10-9-. The number of terminal acetylenes is 1. The van der Waals surface area contributed by atoms with Gasteiger partial charge in [-0.15, -0.1) is 6.42 Å². The Morgan fingerprint density at radius 1 is 1.50 bits per heavy atom. The molecule has 0 saturated carbocycles. The van der Waals surface area contributed by atoms with E-state index in [4.69, 9.17) is 6.42 Å². The minimum Gasteiger partial charge on any atom is -0.106 e. The molecule has 52 valence electrons. The second-order valence-electron chi connectivity index (χ2n) is 1.96. The van der Waals surface area contributed by atoms with Gasteiger partial charge in [0.05, 0.1) is 0 Å². The molecule has 0 aliphatic carbocycles. The Morgan fingerprint density at radius 3 is 2.90 bits per heavy atom. The fourth-order valence-electron chi connectivity index (χ4n) is 0.548. The quantitative estimate of drug-likeness (QED) is 0.408. The van der Waals surface area contributed by atoms with Crippen LogP contribution in [0.5, 0.6) is 0 Å². The van der Waals surface area contributed by atoms with E-state index in [0.29, 0.717) is 0 Å². The predicted octanol–water partition coefficient (Wildman–Crippen LogP) is 2.37. The second kappa shape index (κ2) is 7.86. The van der Waals surface area contributed by atoms with Crippen molar-refractivity contribution in [3.63, 3.8) is 0 Å². The zero-order chi connectivity index (χ0) is 7.66. The first kappa shape index (κ1) is 8.86. The Kier molecular flexibility index (Phi) is 6.96. The lowest BCUT2D eigenvalue weighted by Gasteiger charge is -1.83. The maximum atomic E-state index is 4.91. The summed E-state index contributed by atoms with van der Waals surface area (Å²) in [6.45, 7) is 2.17. The minimum atomic E-state index is 1.11. The Hall–Kier alpha value is -1.14. The van der Waals surface area contributed by atoms with E-state index in [1.54, 1.807) is 0 Å². The number of unbranched alkanes of at least 4 members (excludes halogenated alkanes) is 2. The third kappa shape index (κ3) is 6.86. The van der Waals surface area contributed by atoms with Crippen molar-refractivity contribution in [1.29, 1.82) is 0 Å². The van der Waals surface area contributed by atoms with Crippen LogP contribution in [0.4, 0.5) is 0 Å². The molecule has 0 rings (SSSR count). The van der Waals surface area contributed by atoms with Crippen LogP contribution in [0.2, 0.25) is 0 Å². The molecule has 0 aromatic rings. The fourth-order valence-corrected chi connectivity index (χ4v) is 0.548. The molecule has 0 N–H and O–H groups in total. The summed E-state index contributed by atoms with van der Waals surface area (Å²) < 4.78 is 0. The van der Waals surface area contributed by atoms with Gasteiger partial charge >= 0.3 is 0 Å². The smallest absolute Gasteiger partial charge is 0.0108 e. The van der Waals surface area contributed by atoms with Crippen LogP contribution in [0.1, 0.15) is 26.2 Å². The van der Waals surface area contributed by atoms with Gasteiger partial charge in [-0.2, -0.15) is 0 Å². The molecule has 0 aliphatic heterocycles. The fraction of sp³-hybridized carbons (Fsp3) is 0.400. The molecule has 0 radical (unpaired) electrons. The Balaban J connectivity index is 3.31. The molecular formula is C10H12. The van der Waals surface area contributed by atoms with Crippen molar-refractivity contribution in [2.75, 3.05) is 0 Å². The van der Waals surface area contributed by atoms with Gasteiger partial charge < -0.3 is 0 Å². The SMILES string of the molecule is C#CC#C/C=C\CCCC. The van der Waals surface area contributed by atoms with E-state index in [0.717, 1.165) is 6.42 Å². The molecule has 0 saturated heterocycles. The summed E-state index contributed by atoms with van der Waals surface area (Å²) in [4.78, 5) is 0. The number of hydrogen-bond donors (Lipinski definition) is 0. The molecule has 0 unspecified atom stereocenters. The summed E-state index contributed by atoms with van der Waals surface area (Å²) in [6.07, 6.45) is 12.3. The van der Waals surface area contributed by atoms with Crippen molar-refractivity contribution in [2.45, 2.75) is 26.2 Å². The van der Waals surface area contributed by atoms with E-state index >= 15 is 0 Å². The van der Waals surface area contributed by atoms with Gasteiger partial charge in [-0.05, 0) is 24.3 Å². The zero-order valence-corrected chi connectivity index (χ0v) is 6.35. The van der Waals surface area contributed by atoms with Crippen LogP contribution in [-0.4, -0.2) is 0 Å². The monoisotopic (exact) mass is 132 g/mol. The van der Waals surface area contributed by atoms with Gasteiger partial charge in [0, 0.05) is 0 Å². The van der Waals surface area contributed by atoms with Crippen molar-refractivity contribution >= 4 is 0 Å².